The summed E-state index contributed by atoms with van der Waals surface area (Å²) in [6.07, 6.45) is -5.19. The normalized spacial score (nSPS) is 15.6. The molecule has 0 N–H and O–H groups in total. The van der Waals surface area contributed by atoms with Gasteiger partial charge in [0.05, 0.1) is 21.8 Å². The van der Waals surface area contributed by atoms with Gasteiger partial charge in [-0.15, -0.1) is 0 Å². The zero-order chi connectivity index (χ0) is 23.1. The summed E-state index contributed by atoms with van der Waals surface area (Å²) in [5, 5.41) is -0.656. The number of Topliss-reactive ketones (excluding diaryl/α,β-unsaturated/α-hetero) is 1. The van der Waals surface area contributed by atoms with Gasteiger partial charge in [0.2, 0.25) is 0 Å². The second-order valence-electron chi connectivity index (χ2n) is 6.45. The monoisotopic (exact) mass is 457 g/mol. The molecule has 0 saturated carbocycles. The number of hydrogen-bond acceptors (Lipinski definition) is 4. The van der Waals surface area contributed by atoms with Gasteiger partial charge in [0.15, 0.2) is 17.7 Å². The first-order chi connectivity index (χ1) is 14.4. The van der Waals surface area contributed by atoms with Crippen molar-refractivity contribution >= 4 is 35.2 Å². The van der Waals surface area contributed by atoms with Crippen molar-refractivity contribution in [2.75, 3.05) is 11.9 Å². The lowest BCUT2D eigenvalue weighted by molar-refractivity contribution is -0.137. The number of alkyl halides is 3. The second kappa shape index (κ2) is 8.01. The molecule has 0 spiro atoms. The Bertz CT molecular complexity index is 1120. The fraction of sp³-hybridized carbons (Fsp3) is 0.211. The van der Waals surface area contributed by atoms with Crippen molar-refractivity contribution in [3.63, 3.8) is 0 Å². The van der Waals surface area contributed by atoms with E-state index in [1.54, 1.807) is 0 Å². The highest BCUT2D eigenvalue weighted by atomic mass is 35.5. The number of carbonyl (C=O) groups is 2. The van der Waals surface area contributed by atoms with Gasteiger partial charge in [-0.3, -0.25) is 9.59 Å². The van der Waals surface area contributed by atoms with E-state index in [1.807, 2.05) is 0 Å². The molecule has 2 aromatic rings. The molecule has 0 fully saturated rings. The van der Waals surface area contributed by atoms with Crippen molar-refractivity contribution in [2.45, 2.75) is 19.2 Å². The molecule has 0 radical (unpaired) electrons. The Labute approximate surface area is 177 Å². The SMILES string of the molecule is CC1Oc2cc(Oc3c(F)cc(C(F)(F)F)cc3Cl)cc(C(=O)C=[N+]=[N-])c2N(C)C1=O. The van der Waals surface area contributed by atoms with Crippen molar-refractivity contribution < 1.29 is 41.4 Å². The Kier molecular flexibility index (Phi) is 5.75. The van der Waals surface area contributed by atoms with E-state index < -0.39 is 46.1 Å². The average molecular weight is 458 g/mol. The standard InChI is InChI=1S/C19H12ClF4N3O4/c1-8-18(29)27(2)16-11(14(28)7-26-25)5-10(6-15(16)30-8)31-17-12(20)3-9(4-13(17)21)19(22,23)24/h3-8H,1-2H3. The zero-order valence-electron chi connectivity index (χ0n) is 15.8. The lowest BCUT2D eigenvalue weighted by atomic mass is 10.0. The number of nitrogens with zero attached hydrogens (tertiary/aromatic N) is 3. The van der Waals surface area contributed by atoms with Crippen LogP contribution in [0.3, 0.4) is 0 Å². The number of rotatable bonds is 4. The summed E-state index contributed by atoms with van der Waals surface area (Å²) in [4.78, 5) is 28.4. The van der Waals surface area contributed by atoms with Gasteiger partial charge in [0.1, 0.15) is 11.5 Å². The lowest BCUT2D eigenvalue weighted by Gasteiger charge is -2.31. The van der Waals surface area contributed by atoms with Gasteiger partial charge in [0.25, 0.3) is 11.7 Å². The molecule has 2 aromatic carbocycles. The number of benzene rings is 2. The number of halogens is 5. The summed E-state index contributed by atoms with van der Waals surface area (Å²) >= 11 is 5.78. The molecular weight excluding hydrogens is 446 g/mol. The van der Waals surface area contributed by atoms with Gasteiger partial charge in [0, 0.05) is 13.1 Å². The quantitative estimate of drug-likeness (QED) is 0.222. The Morgan fingerprint density at radius 2 is 2.00 bits per heavy atom. The molecule has 162 valence electrons. The van der Waals surface area contributed by atoms with Crippen LogP contribution in [0.5, 0.6) is 17.2 Å². The third kappa shape index (κ3) is 4.23. The Morgan fingerprint density at radius 3 is 2.58 bits per heavy atom. The van der Waals surface area contributed by atoms with Gasteiger partial charge in [-0.1, -0.05) is 11.6 Å². The molecule has 1 atom stereocenters. The van der Waals surface area contributed by atoms with Crippen LogP contribution in [0.15, 0.2) is 24.3 Å². The van der Waals surface area contributed by atoms with Crippen LogP contribution in [0, 0.1) is 5.82 Å². The van der Waals surface area contributed by atoms with Crippen molar-refractivity contribution in [2.24, 2.45) is 0 Å². The van der Waals surface area contributed by atoms with Crippen molar-refractivity contribution in [3.05, 3.63) is 51.8 Å². The molecule has 0 saturated heterocycles. The Hall–Kier alpha value is -3.43. The minimum atomic E-state index is -4.82. The molecule has 1 amide bonds. The molecule has 1 aliphatic heterocycles. The number of hydrogen-bond donors (Lipinski definition) is 0. The van der Waals surface area contributed by atoms with Gasteiger partial charge < -0.3 is 19.9 Å². The van der Waals surface area contributed by atoms with E-state index >= 15 is 0 Å². The number of ketones is 1. The van der Waals surface area contributed by atoms with E-state index in [0.717, 1.165) is 11.0 Å². The minimum absolute atomic E-state index is 0.00484. The number of carbonyl (C=O) groups excluding carboxylic acids is 2. The lowest BCUT2D eigenvalue weighted by Crippen LogP contribution is -2.42. The van der Waals surface area contributed by atoms with E-state index in [4.69, 9.17) is 26.6 Å². The van der Waals surface area contributed by atoms with Gasteiger partial charge in [-0.25, -0.2) is 4.39 Å². The molecule has 7 nitrogen and oxygen atoms in total. The number of amides is 1. The summed E-state index contributed by atoms with van der Waals surface area (Å²) in [6.45, 7) is 1.46. The van der Waals surface area contributed by atoms with Crippen LogP contribution < -0.4 is 14.4 Å². The Morgan fingerprint density at radius 1 is 1.32 bits per heavy atom. The third-order valence-electron chi connectivity index (χ3n) is 4.35. The predicted octanol–water partition coefficient (Wildman–Crippen LogP) is 4.52. The van der Waals surface area contributed by atoms with Crippen LogP contribution >= 0.6 is 11.6 Å². The molecule has 1 heterocycles. The maximum atomic E-state index is 14.3. The topological polar surface area (TPSA) is 92.2 Å². The van der Waals surface area contributed by atoms with Crippen LogP contribution in [0.4, 0.5) is 23.2 Å². The van der Waals surface area contributed by atoms with Crippen LogP contribution in [0.25, 0.3) is 5.53 Å². The first-order valence-corrected chi connectivity index (χ1v) is 8.90. The highest BCUT2D eigenvalue weighted by Crippen LogP contribution is 2.43. The minimum Gasteiger partial charge on any atom is -0.479 e. The number of ether oxygens (including phenoxy) is 2. The molecule has 1 aliphatic rings. The van der Waals surface area contributed by atoms with Gasteiger partial charge >= 0.3 is 12.4 Å². The highest BCUT2D eigenvalue weighted by Gasteiger charge is 2.35. The van der Waals surface area contributed by atoms with Crippen LogP contribution in [0.1, 0.15) is 22.8 Å². The van der Waals surface area contributed by atoms with Crippen LogP contribution in [-0.2, 0) is 11.0 Å². The smallest absolute Gasteiger partial charge is 0.416 e. The number of fused-ring (bicyclic) bond motifs is 1. The Balaban J connectivity index is 2.13. The molecule has 0 bridgehead atoms. The summed E-state index contributed by atoms with van der Waals surface area (Å²) in [5.41, 5.74) is 7.22. The van der Waals surface area contributed by atoms with Crippen LogP contribution in [0.2, 0.25) is 5.02 Å². The first-order valence-electron chi connectivity index (χ1n) is 8.52. The maximum Gasteiger partial charge on any atom is 0.416 e. The van der Waals surface area contributed by atoms with Crippen molar-refractivity contribution in [1.29, 1.82) is 0 Å². The third-order valence-corrected chi connectivity index (χ3v) is 4.63. The zero-order valence-corrected chi connectivity index (χ0v) is 16.6. The average Bonchev–Trinajstić information content (AvgIpc) is 2.67. The van der Waals surface area contributed by atoms with Crippen molar-refractivity contribution in [1.82, 2.24) is 0 Å². The molecule has 3 rings (SSSR count). The van der Waals surface area contributed by atoms with E-state index in [0.29, 0.717) is 12.3 Å². The molecular formula is C19H12ClF4N3O4. The van der Waals surface area contributed by atoms with Crippen molar-refractivity contribution in [3.8, 4) is 17.2 Å². The fourth-order valence-electron chi connectivity index (χ4n) is 2.95. The predicted molar refractivity (Wildman–Crippen MR) is 100 cm³/mol. The van der Waals surface area contributed by atoms with E-state index in [2.05, 4.69) is 4.79 Å². The summed E-state index contributed by atoms with van der Waals surface area (Å²) in [5.74, 6) is -3.62. The summed E-state index contributed by atoms with van der Waals surface area (Å²) in [6, 6.07) is 3.01. The first kappa shape index (κ1) is 22.3. The largest absolute Gasteiger partial charge is 0.479 e. The number of likely N-dealkylation sites (N-methyl/N-ethyl adjacent to an activating group) is 1. The molecule has 12 heteroatoms. The summed E-state index contributed by atoms with van der Waals surface area (Å²) in [7, 11) is 1.39. The van der Waals surface area contributed by atoms with Gasteiger partial charge in [-0.05, 0) is 25.1 Å². The summed E-state index contributed by atoms with van der Waals surface area (Å²) < 4.78 is 63.6. The fourth-order valence-corrected chi connectivity index (χ4v) is 3.20. The van der Waals surface area contributed by atoms with E-state index in [-0.39, 0.29) is 28.8 Å². The highest BCUT2D eigenvalue weighted by molar-refractivity contribution is 6.36. The van der Waals surface area contributed by atoms with Crippen LogP contribution in [-0.4, -0.2) is 35.8 Å². The van der Waals surface area contributed by atoms with E-state index in [1.165, 1.54) is 20.0 Å². The molecule has 0 aliphatic carbocycles. The van der Waals surface area contributed by atoms with Gasteiger partial charge in [-0.2, -0.15) is 18.0 Å². The molecule has 0 aromatic heterocycles. The second-order valence-corrected chi connectivity index (χ2v) is 6.86. The molecule has 31 heavy (non-hydrogen) atoms. The molecule has 1 unspecified atom stereocenters. The van der Waals surface area contributed by atoms with E-state index in [9.17, 15) is 27.2 Å². The maximum absolute atomic E-state index is 14.3. The number of anilines is 1.